The summed E-state index contributed by atoms with van der Waals surface area (Å²) in [4.78, 5) is 11.9. The molecule has 0 amide bonds. The summed E-state index contributed by atoms with van der Waals surface area (Å²) < 4.78 is 28.4. The Hall–Kier alpha value is -2.80. The molecule has 6 nitrogen and oxygen atoms in total. The molecule has 0 radical (unpaired) electrons. The number of benzene rings is 2. The number of carbonyl (C=O) groups excluding carboxylic acids is 1. The number of methoxy groups -OCH3 is 1. The van der Waals surface area contributed by atoms with E-state index in [4.69, 9.17) is 14.2 Å². The fourth-order valence-corrected chi connectivity index (χ4v) is 2.14. The third-order valence-electron chi connectivity index (χ3n) is 3.40. The number of carbonyl (C=O) groups is 1. The second kappa shape index (κ2) is 9.48. The van der Waals surface area contributed by atoms with Crippen LogP contribution in [-0.4, -0.2) is 26.3 Å². The molecule has 2 aromatic carbocycles. The molecule has 1 N–H and O–H groups in total. The second-order valence-corrected chi connectivity index (χ2v) is 5.20. The summed E-state index contributed by atoms with van der Waals surface area (Å²) >= 11 is 0. The highest BCUT2D eigenvalue weighted by Crippen LogP contribution is 2.21. The van der Waals surface area contributed by atoms with Crippen molar-refractivity contribution in [1.29, 1.82) is 0 Å². The fourth-order valence-electron chi connectivity index (χ4n) is 2.14. The van der Waals surface area contributed by atoms with Crippen LogP contribution in [-0.2, 0) is 16.0 Å². The third kappa shape index (κ3) is 5.96. The number of aryl methyl sites for hydroxylation is 1. The minimum absolute atomic E-state index is 0.0909. The van der Waals surface area contributed by atoms with Gasteiger partial charge in [0, 0.05) is 18.7 Å². The van der Waals surface area contributed by atoms with Crippen LogP contribution in [0.25, 0.3) is 5.53 Å². The van der Waals surface area contributed by atoms with E-state index in [-0.39, 0.29) is 12.2 Å². The number of hydrogen-bond acceptors (Lipinski definition) is 4. The molecule has 0 aliphatic heterocycles. The Kier molecular flexibility index (Phi) is 7.03. The number of esters is 1. The maximum atomic E-state index is 12.8. The van der Waals surface area contributed by atoms with Gasteiger partial charge in [-0.25, -0.2) is 4.39 Å². The van der Waals surface area contributed by atoms with Crippen molar-refractivity contribution in [1.82, 2.24) is 0 Å². The first kappa shape index (κ1) is 18.5. The summed E-state index contributed by atoms with van der Waals surface area (Å²) in [6, 6.07) is 10.3. The number of ether oxygens (including phenoxy) is 3. The summed E-state index contributed by atoms with van der Waals surface area (Å²) in [5, 5.41) is 2.10. The molecule has 0 spiro atoms. The Labute approximate surface area is 145 Å². The predicted octanol–water partition coefficient (Wildman–Crippen LogP) is 2.12. The second-order valence-electron chi connectivity index (χ2n) is 5.20. The maximum absolute atomic E-state index is 12.8. The quantitative estimate of drug-likeness (QED) is 0.326. The topological polar surface area (TPSA) is 81.0 Å². The van der Waals surface area contributed by atoms with Crippen LogP contribution in [0.5, 0.6) is 11.5 Å². The first-order chi connectivity index (χ1) is 12.1. The van der Waals surface area contributed by atoms with Crippen LogP contribution in [0, 0.1) is 5.82 Å². The third-order valence-corrected chi connectivity index (χ3v) is 3.40. The smallest absolute Gasteiger partial charge is 0.311 e. The molecule has 2 rings (SSSR count). The first-order valence-corrected chi connectivity index (χ1v) is 7.73. The summed E-state index contributed by atoms with van der Waals surface area (Å²) in [5.41, 5.74) is 10.4. The molecule has 0 unspecified atom stereocenters. The Morgan fingerprint density at radius 2 is 1.84 bits per heavy atom. The molecule has 0 aliphatic carbocycles. The Balaban J connectivity index is 1.95. The van der Waals surface area contributed by atoms with E-state index in [1.165, 1.54) is 24.3 Å². The van der Waals surface area contributed by atoms with E-state index in [2.05, 4.69) is 5.11 Å². The maximum Gasteiger partial charge on any atom is 0.311 e. The van der Waals surface area contributed by atoms with Crippen LogP contribution in [0.15, 0.2) is 42.5 Å². The Bertz CT molecular complexity index is 720. The number of nitrogens with one attached hydrogen (secondary N) is 1. The van der Waals surface area contributed by atoms with Crippen LogP contribution < -0.4 is 14.6 Å². The lowest BCUT2D eigenvalue weighted by atomic mass is 10.1. The number of rotatable bonds is 9. The van der Waals surface area contributed by atoms with Crippen LogP contribution in [0.1, 0.15) is 12.0 Å². The largest absolute Gasteiger partial charge is 0.502 e. The van der Waals surface area contributed by atoms with E-state index in [1.807, 2.05) is 0 Å². The minimum atomic E-state index is -0.457. The Morgan fingerprint density at radius 3 is 2.52 bits per heavy atom. The molecule has 0 heterocycles. The van der Waals surface area contributed by atoms with Crippen molar-refractivity contribution < 1.29 is 28.5 Å². The van der Waals surface area contributed by atoms with E-state index in [0.29, 0.717) is 36.6 Å². The molecule has 0 saturated carbocycles. The zero-order valence-corrected chi connectivity index (χ0v) is 13.8. The van der Waals surface area contributed by atoms with E-state index in [0.717, 1.165) is 0 Å². The predicted molar refractivity (Wildman–Crippen MR) is 88.2 cm³/mol. The van der Waals surface area contributed by atoms with Crippen LogP contribution in [0.2, 0.25) is 0 Å². The monoisotopic (exact) mass is 346 g/mol. The minimum Gasteiger partial charge on any atom is -0.502 e. The van der Waals surface area contributed by atoms with Crippen molar-refractivity contribution in [3.05, 3.63) is 59.4 Å². The van der Waals surface area contributed by atoms with Gasteiger partial charge in [0.15, 0.2) is 5.69 Å². The van der Waals surface area contributed by atoms with E-state index >= 15 is 0 Å². The average molecular weight is 346 g/mol. The van der Waals surface area contributed by atoms with E-state index < -0.39 is 11.8 Å². The molecule has 0 bridgehead atoms. The fraction of sp³-hybridized carbons (Fsp3) is 0.278. The van der Waals surface area contributed by atoms with Crippen LogP contribution in [0.3, 0.4) is 0 Å². The molecule has 0 aromatic heterocycles. The lowest BCUT2D eigenvalue weighted by molar-refractivity contribution is -0.380. The standard InChI is InChI=1S/C18H19FN2O4/c1-23-10-11-24-16-7-8-17(21-20)13(12-16)2-9-18(22)25-15-5-3-14(19)4-6-15/h3-8,12,21H,2,9-11H2,1H3. The van der Waals surface area contributed by atoms with Crippen molar-refractivity contribution in [2.45, 2.75) is 12.8 Å². The van der Waals surface area contributed by atoms with Crippen molar-refractivity contribution in [3.63, 3.8) is 0 Å². The summed E-state index contributed by atoms with van der Waals surface area (Å²) in [7, 11) is 1.58. The molecule has 0 atom stereocenters. The lowest BCUT2D eigenvalue weighted by Crippen LogP contribution is -2.55. The van der Waals surface area contributed by atoms with Crippen molar-refractivity contribution in [2.75, 3.05) is 20.3 Å². The van der Waals surface area contributed by atoms with Gasteiger partial charge in [0.05, 0.1) is 13.0 Å². The summed E-state index contributed by atoms with van der Waals surface area (Å²) in [6.45, 7) is 0.855. The molecule has 0 saturated heterocycles. The van der Waals surface area contributed by atoms with Crippen molar-refractivity contribution >= 4 is 11.7 Å². The van der Waals surface area contributed by atoms with E-state index in [1.54, 1.807) is 25.3 Å². The molecule has 132 valence electrons. The van der Waals surface area contributed by atoms with Crippen molar-refractivity contribution in [3.8, 4) is 11.5 Å². The van der Waals surface area contributed by atoms with Gasteiger partial charge in [-0.15, -0.1) is 0 Å². The number of nitrogens with zero attached hydrogens (tertiary/aromatic N) is 1. The molecule has 2 aromatic rings. The van der Waals surface area contributed by atoms with Gasteiger partial charge >= 0.3 is 5.97 Å². The highest BCUT2D eigenvalue weighted by molar-refractivity contribution is 5.72. The first-order valence-electron chi connectivity index (χ1n) is 7.73. The summed E-state index contributed by atoms with van der Waals surface area (Å²) in [5.74, 6) is 0.0338. The zero-order chi connectivity index (χ0) is 18.1. The van der Waals surface area contributed by atoms with Gasteiger partial charge in [-0.1, -0.05) is 0 Å². The number of hydrogen-bond donors (Lipinski definition) is 1. The van der Waals surface area contributed by atoms with Crippen LogP contribution >= 0.6 is 0 Å². The molecular formula is C18H19FN2O4. The van der Waals surface area contributed by atoms with Gasteiger partial charge in [0.25, 0.3) is 0 Å². The molecule has 0 aliphatic rings. The molecular weight excluding hydrogens is 327 g/mol. The normalized spacial score (nSPS) is 10.3. The summed E-state index contributed by atoms with van der Waals surface area (Å²) in [6.07, 6.45) is 0.429. The number of halogens is 1. The zero-order valence-electron chi connectivity index (χ0n) is 13.8. The van der Waals surface area contributed by atoms with Gasteiger partial charge in [0.1, 0.15) is 23.9 Å². The van der Waals surface area contributed by atoms with Crippen molar-refractivity contribution in [2.24, 2.45) is 0 Å². The molecule has 25 heavy (non-hydrogen) atoms. The highest BCUT2D eigenvalue weighted by atomic mass is 19.1. The average Bonchev–Trinajstić information content (AvgIpc) is 2.62. The lowest BCUT2D eigenvalue weighted by Gasteiger charge is -2.09. The van der Waals surface area contributed by atoms with Gasteiger partial charge in [-0.2, -0.15) is 0 Å². The molecule has 7 heteroatoms. The SMILES string of the molecule is COCCOc1ccc([NH+]=[N-])c(CCC(=O)Oc2ccc(F)cc2)c1. The van der Waals surface area contributed by atoms with Gasteiger partial charge in [-0.05, 0) is 42.8 Å². The van der Waals surface area contributed by atoms with E-state index in [9.17, 15) is 14.7 Å². The van der Waals surface area contributed by atoms with Gasteiger partial charge < -0.3 is 19.7 Å². The van der Waals surface area contributed by atoms with Crippen LogP contribution in [0.4, 0.5) is 10.1 Å². The highest BCUT2D eigenvalue weighted by Gasteiger charge is 2.11. The Morgan fingerprint density at radius 1 is 1.12 bits per heavy atom. The molecule has 0 fully saturated rings. The van der Waals surface area contributed by atoms with Gasteiger partial charge in [0.2, 0.25) is 0 Å². The van der Waals surface area contributed by atoms with Gasteiger partial charge in [-0.3, -0.25) is 9.91 Å².